The van der Waals surface area contributed by atoms with Gasteiger partial charge in [0.2, 0.25) is 0 Å². The molecule has 4 nitrogen and oxygen atoms in total. The number of rotatable bonds is 4. The van der Waals surface area contributed by atoms with E-state index in [4.69, 9.17) is 0 Å². The number of pyridine rings is 1. The van der Waals surface area contributed by atoms with Gasteiger partial charge < -0.3 is 5.32 Å². The molecule has 1 aliphatic rings. The van der Waals surface area contributed by atoms with Crippen LogP contribution in [0, 0.1) is 5.82 Å². The topological polar surface area (TPSA) is 50.7 Å². The molecule has 0 radical (unpaired) electrons. The van der Waals surface area contributed by atoms with E-state index in [0.717, 1.165) is 42.0 Å². The fraction of sp³-hybridized carbons (Fsp3) is 0.250. The number of fused-ring (bicyclic) bond motifs is 1. The van der Waals surface area contributed by atoms with Crippen molar-refractivity contribution in [2.45, 2.75) is 32.2 Å². The fourth-order valence-electron chi connectivity index (χ4n) is 3.26. The molecular weight excluding hydrogens is 315 g/mol. The molecule has 4 rings (SSSR count). The van der Waals surface area contributed by atoms with E-state index >= 15 is 0 Å². The first kappa shape index (κ1) is 15.7. The minimum atomic E-state index is -0.196. The summed E-state index contributed by atoms with van der Waals surface area (Å²) in [5.74, 6) is 1.17. The van der Waals surface area contributed by atoms with Crippen molar-refractivity contribution in [2.75, 3.05) is 5.32 Å². The Kier molecular flexibility index (Phi) is 4.14. The summed E-state index contributed by atoms with van der Waals surface area (Å²) in [5.41, 5.74) is 3.93. The summed E-state index contributed by atoms with van der Waals surface area (Å²) in [5, 5.41) is 3.46. The number of nitrogens with zero attached hydrogens (tertiary/aromatic N) is 3. The summed E-state index contributed by atoms with van der Waals surface area (Å²) in [6, 6.07) is 12.8. The van der Waals surface area contributed by atoms with E-state index in [-0.39, 0.29) is 11.9 Å². The second-order valence-electron chi connectivity index (χ2n) is 6.22. The third-order valence-corrected chi connectivity index (χ3v) is 4.54. The molecule has 5 heteroatoms. The van der Waals surface area contributed by atoms with Crippen molar-refractivity contribution in [3.63, 3.8) is 0 Å². The van der Waals surface area contributed by atoms with Crippen molar-refractivity contribution < 1.29 is 4.39 Å². The molecule has 1 aromatic carbocycles. The number of aryl methyl sites for hydroxylation is 2. The monoisotopic (exact) mass is 334 g/mol. The van der Waals surface area contributed by atoms with Crippen LogP contribution in [0.5, 0.6) is 0 Å². The van der Waals surface area contributed by atoms with Crippen LogP contribution in [0.15, 0.2) is 48.7 Å². The molecule has 126 valence electrons. The maximum atomic E-state index is 13.6. The van der Waals surface area contributed by atoms with Gasteiger partial charge in [-0.1, -0.05) is 19.1 Å². The van der Waals surface area contributed by atoms with Crippen molar-refractivity contribution in [2.24, 2.45) is 0 Å². The molecule has 2 heterocycles. The summed E-state index contributed by atoms with van der Waals surface area (Å²) in [7, 11) is 0. The van der Waals surface area contributed by atoms with Crippen LogP contribution in [-0.2, 0) is 12.8 Å². The van der Waals surface area contributed by atoms with E-state index in [1.54, 1.807) is 12.3 Å². The Balaban J connectivity index is 1.67. The van der Waals surface area contributed by atoms with Gasteiger partial charge in [-0.2, -0.15) is 0 Å². The maximum Gasteiger partial charge on any atom is 0.180 e. The smallest absolute Gasteiger partial charge is 0.180 e. The third-order valence-electron chi connectivity index (χ3n) is 4.54. The van der Waals surface area contributed by atoms with Crippen LogP contribution in [0.1, 0.15) is 36.2 Å². The van der Waals surface area contributed by atoms with Gasteiger partial charge in [0.15, 0.2) is 5.82 Å². The first-order valence-corrected chi connectivity index (χ1v) is 8.57. The second kappa shape index (κ2) is 6.59. The fourth-order valence-corrected chi connectivity index (χ4v) is 3.26. The van der Waals surface area contributed by atoms with Gasteiger partial charge >= 0.3 is 0 Å². The van der Waals surface area contributed by atoms with Crippen LogP contribution in [0.2, 0.25) is 0 Å². The molecule has 1 N–H and O–H groups in total. The maximum absolute atomic E-state index is 13.6. The van der Waals surface area contributed by atoms with Crippen molar-refractivity contribution in [1.82, 2.24) is 15.0 Å². The van der Waals surface area contributed by atoms with Crippen molar-refractivity contribution in [1.29, 1.82) is 0 Å². The van der Waals surface area contributed by atoms with Crippen LogP contribution in [0.3, 0.4) is 0 Å². The van der Waals surface area contributed by atoms with Crippen LogP contribution in [-0.4, -0.2) is 15.0 Å². The SMILES string of the molecule is CCc1cc(NC2CCc3ccc(F)cc32)nc(-c2ccccn2)n1. The van der Waals surface area contributed by atoms with Gasteiger partial charge in [0.25, 0.3) is 0 Å². The van der Waals surface area contributed by atoms with Crippen LogP contribution >= 0.6 is 0 Å². The highest BCUT2D eigenvalue weighted by Crippen LogP contribution is 2.34. The molecule has 0 spiro atoms. The van der Waals surface area contributed by atoms with Crippen molar-refractivity contribution in [3.05, 3.63) is 71.3 Å². The Morgan fingerprint density at radius 1 is 1.16 bits per heavy atom. The predicted octanol–water partition coefficient (Wildman–Crippen LogP) is 4.34. The van der Waals surface area contributed by atoms with E-state index in [9.17, 15) is 4.39 Å². The van der Waals surface area contributed by atoms with Gasteiger partial charge in [-0.05, 0) is 54.7 Å². The Hall–Kier alpha value is -2.82. The molecule has 0 fully saturated rings. The summed E-state index contributed by atoms with van der Waals surface area (Å²) >= 11 is 0. The van der Waals surface area contributed by atoms with E-state index in [1.807, 2.05) is 30.3 Å². The molecule has 0 aliphatic heterocycles. The Morgan fingerprint density at radius 2 is 2.08 bits per heavy atom. The lowest BCUT2D eigenvalue weighted by Gasteiger charge is -2.16. The number of nitrogens with one attached hydrogen (secondary N) is 1. The van der Waals surface area contributed by atoms with Gasteiger partial charge in [-0.15, -0.1) is 0 Å². The lowest BCUT2D eigenvalue weighted by Crippen LogP contribution is -2.10. The summed E-state index contributed by atoms with van der Waals surface area (Å²) in [4.78, 5) is 13.6. The van der Waals surface area contributed by atoms with Crippen LogP contribution in [0.4, 0.5) is 10.2 Å². The first-order chi connectivity index (χ1) is 12.2. The Labute approximate surface area is 146 Å². The standard InChI is InChI=1S/C20H19FN4/c1-2-15-12-19(25-20(23-15)18-5-3-4-10-22-18)24-17-9-7-13-6-8-14(21)11-16(13)17/h3-6,8,10-12,17H,2,7,9H2,1H3,(H,23,24,25). The molecule has 0 saturated carbocycles. The summed E-state index contributed by atoms with van der Waals surface area (Å²) in [6.07, 6.45) is 4.43. The molecule has 25 heavy (non-hydrogen) atoms. The van der Waals surface area contributed by atoms with Crippen molar-refractivity contribution in [3.8, 4) is 11.5 Å². The van der Waals surface area contributed by atoms with Crippen molar-refractivity contribution >= 4 is 5.82 Å². The lowest BCUT2D eigenvalue weighted by atomic mass is 10.1. The predicted molar refractivity (Wildman–Crippen MR) is 95.7 cm³/mol. The molecule has 1 atom stereocenters. The third kappa shape index (κ3) is 3.22. The number of hydrogen-bond donors (Lipinski definition) is 1. The Morgan fingerprint density at radius 3 is 2.88 bits per heavy atom. The van der Waals surface area contributed by atoms with Gasteiger partial charge in [0.1, 0.15) is 17.3 Å². The molecular formula is C20H19FN4. The highest BCUT2D eigenvalue weighted by atomic mass is 19.1. The number of anilines is 1. The zero-order valence-electron chi connectivity index (χ0n) is 14.0. The normalized spacial score (nSPS) is 15.8. The average Bonchev–Trinajstić information content (AvgIpc) is 3.04. The zero-order valence-corrected chi connectivity index (χ0v) is 14.0. The largest absolute Gasteiger partial charge is 0.363 e. The Bertz CT molecular complexity index is 895. The molecule has 1 unspecified atom stereocenters. The van der Waals surface area contributed by atoms with Crippen LogP contribution < -0.4 is 5.32 Å². The number of hydrogen-bond acceptors (Lipinski definition) is 4. The molecule has 0 bridgehead atoms. The highest BCUT2D eigenvalue weighted by molar-refractivity contribution is 5.54. The van der Waals surface area contributed by atoms with Gasteiger partial charge in [-0.3, -0.25) is 4.98 Å². The van der Waals surface area contributed by atoms with Gasteiger partial charge in [0.05, 0.1) is 6.04 Å². The number of aromatic nitrogens is 3. The molecule has 2 aromatic heterocycles. The molecule has 3 aromatic rings. The molecule has 1 aliphatic carbocycles. The van der Waals surface area contributed by atoms with E-state index in [1.165, 1.54) is 11.6 Å². The minimum absolute atomic E-state index is 0.0712. The average molecular weight is 334 g/mol. The lowest BCUT2D eigenvalue weighted by molar-refractivity contribution is 0.623. The zero-order chi connectivity index (χ0) is 17.2. The number of benzene rings is 1. The van der Waals surface area contributed by atoms with E-state index < -0.39 is 0 Å². The second-order valence-corrected chi connectivity index (χ2v) is 6.22. The number of halogens is 1. The van der Waals surface area contributed by atoms with Gasteiger partial charge in [-0.25, -0.2) is 14.4 Å². The van der Waals surface area contributed by atoms with E-state index in [2.05, 4.69) is 27.2 Å². The van der Waals surface area contributed by atoms with Crippen LogP contribution in [0.25, 0.3) is 11.5 Å². The minimum Gasteiger partial charge on any atom is -0.363 e. The van der Waals surface area contributed by atoms with Gasteiger partial charge in [0, 0.05) is 18.0 Å². The summed E-state index contributed by atoms with van der Waals surface area (Å²) in [6.45, 7) is 2.06. The quantitative estimate of drug-likeness (QED) is 0.771. The van der Waals surface area contributed by atoms with E-state index in [0.29, 0.717) is 5.82 Å². The highest BCUT2D eigenvalue weighted by Gasteiger charge is 2.23. The first-order valence-electron chi connectivity index (χ1n) is 8.57. The summed E-state index contributed by atoms with van der Waals surface area (Å²) < 4.78 is 13.6. The molecule has 0 amide bonds. The molecule has 0 saturated heterocycles.